The molecular weight excluding hydrogens is 312 g/mol. The minimum absolute atomic E-state index is 0.0234. The van der Waals surface area contributed by atoms with E-state index in [1.54, 1.807) is 30.5 Å². The summed E-state index contributed by atoms with van der Waals surface area (Å²) in [7, 11) is -3.79. The number of aromatic nitrogens is 1. The van der Waals surface area contributed by atoms with Crippen LogP contribution in [0.25, 0.3) is 15.7 Å². The van der Waals surface area contributed by atoms with E-state index in [2.05, 4.69) is 20.6 Å². The van der Waals surface area contributed by atoms with Gasteiger partial charge < -0.3 is 4.98 Å². The molecule has 3 aromatic rings. The first-order valence-electron chi connectivity index (χ1n) is 6.55. The van der Waals surface area contributed by atoms with Crippen molar-refractivity contribution < 1.29 is 8.42 Å². The van der Waals surface area contributed by atoms with Gasteiger partial charge in [-0.15, -0.1) is 0 Å². The van der Waals surface area contributed by atoms with Crippen molar-refractivity contribution in [2.45, 2.75) is 4.90 Å². The summed E-state index contributed by atoms with van der Waals surface area (Å²) in [6.07, 6.45) is 1.57. The van der Waals surface area contributed by atoms with Crippen LogP contribution >= 0.6 is 0 Å². The van der Waals surface area contributed by atoms with E-state index in [1.807, 2.05) is 0 Å². The van der Waals surface area contributed by atoms with Gasteiger partial charge in [0.25, 0.3) is 10.0 Å². The van der Waals surface area contributed by atoms with Gasteiger partial charge in [0.05, 0.1) is 22.7 Å². The number of nitrogens with zero attached hydrogens (tertiary/aromatic N) is 2. The third-order valence-corrected chi connectivity index (χ3v) is 4.69. The quantitative estimate of drug-likeness (QED) is 0.724. The lowest BCUT2D eigenvalue weighted by atomic mass is 10.2. The highest BCUT2D eigenvalue weighted by molar-refractivity contribution is 7.92. The van der Waals surface area contributed by atoms with Crippen molar-refractivity contribution in [2.75, 3.05) is 4.72 Å². The monoisotopic (exact) mass is 322 g/mol. The number of hydrogen-bond acceptors (Lipinski definition) is 3. The first-order chi connectivity index (χ1) is 11.0. The summed E-state index contributed by atoms with van der Waals surface area (Å²) in [5.41, 5.74) is 1.79. The Hall–Kier alpha value is -3.29. The van der Waals surface area contributed by atoms with Crippen LogP contribution in [-0.4, -0.2) is 13.4 Å². The van der Waals surface area contributed by atoms with Gasteiger partial charge in [-0.25, -0.2) is 13.3 Å². The molecule has 0 unspecified atom stereocenters. The van der Waals surface area contributed by atoms with Crippen molar-refractivity contribution in [1.29, 1.82) is 5.26 Å². The fraction of sp³-hybridized carbons (Fsp3) is 0. The number of nitrogens with one attached hydrogen (secondary N) is 2. The Labute approximate surface area is 132 Å². The molecule has 2 N–H and O–H groups in total. The average molecular weight is 322 g/mol. The molecule has 0 bridgehead atoms. The van der Waals surface area contributed by atoms with Crippen molar-refractivity contribution in [1.82, 2.24) is 4.98 Å². The lowest BCUT2D eigenvalue weighted by molar-refractivity contribution is 0.601. The van der Waals surface area contributed by atoms with E-state index >= 15 is 0 Å². The molecule has 112 valence electrons. The molecule has 0 aliphatic heterocycles. The molecular formula is C16H10N4O2S. The molecule has 6 nitrogen and oxygen atoms in total. The van der Waals surface area contributed by atoms with Crippen molar-refractivity contribution in [3.8, 4) is 6.07 Å². The van der Waals surface area contributed by atoms with Crippen LogP contribution in [0.3, 0.4) is 0 Å². The Bertz CT molecular complexity index is 1090. The molecule has 0 atom stereocenters. The van der Waals surface area contributed by atoms with E-state index in [0.29, 0.717) is 16.8 Å². The maximum absolute atomic E-state index is 12.4. The summed E-state index contributed by atoms with van der Waals surface area (Å²) in [6, 6.07) is 12.8. The van der Waals surface area contributed by atoms with Gasteiger partial charge in [0.2, 0.25) is 0 Å². The fourth-order valence-corrected chi connectivity index (χ4v) is 3.31. The molecule has 23 heavy (non-hydrogen) atoms. The van der Waals surface area contributed by atoms with Gasteiger partial charge in [0, 0.05) is 17.1 Å². The Kier molecular flexibility index (Phi) is 3.49. The summed E-state index contributed by atoms with van der Waals surface area (Å²) in [6.45, 7) is 6.96. The third kappa shape index (κ3) is 2.73. The number of rotatable bonds is 3. The van der Waals surface area contributed by atoms with Gasteiger partial charge in [-0.2, -0.15) is 5.26 Å². The Morgan fingerprint density at radius 3 is 2.78 bits per heavy atom. The number of anilines is 1. The van der Waals surface area contributed by atoms with Gasteiger partial charge in [-0.05, 0) is 30.3 Å². The number of sulfonamides is 1. The zero-order valence-electron chi connectivity index (χ0n) is 11.7. The molecule has 3 rings (SSSR count). The van der Waals surface area contributed by atoms with Crippen LogP contribution in [0.5, 0.6) is 0 Å². The fourth-order valence-electron chi connectivity index (χ4n) is 2.22. The summed E-state index contributed by atoms with van der Waals surface area (Å²) in [4.78, 5) is 6.18. The van der Waals surface area contributed by atoms with Crippen molar-refractivity contribution in [3.63, 3.8) is 0 Å². The number of benzene rings is 2. The lowest BCUT2D eigenvalue weighted by Crippen LogP contribution is -2.12. The van der Waals surface area contributed by atoms with Gasteiger partial charge in [0.1, 0.15) is 6.07 Å². The van der Waals surface area contributed by atoms with Crippen LogP contribution in [0.15, 0.2) is 53.6 Å². The van der Waals surface area contributed by atoms with E-state index < -0.39 is 10.0 Å². The van der Waals surface area contributed by atoms with E-state index in [-0.39, 0.29) is 10.6 Å². The smallest absolute Gasteiger partial charge is 0.260 e. The van der Waals surface area contributed by atoms with Gasteiger partial charge in [0.15, 0.2) is 5.69 Å². The lowest BCUT2D eigenvalue weighted by Gasteiger charge is -2.08. The summed E-state index contributed by atoms with van der Waals surface area (Å²) in [5, 5.41) is 9.70. The molecule has 0 amide bonds. The van der Waals surface area contributed by atoms with Crippen LogP contribution in [0.4, 0.5) is 11.4 Å². The molecule has 0 aliphatic carbocycles. The molecule has 0 saturated carbocycles. The van der Waals surface area contributed by atoms with E-state index in [0.717, 1.165) is 5.39 Å². The van der Waals surface area contributed by atoms with Crippen LogP contribution in [0, 0.1) is 17.9 Å². The summed E-state index contributed by atoms with van der Waals surface area (Å²) >= 11 is 0. The topological polar surface area (TPSA) is 90.1 Å². The zero-order chi connectivity index (χ0) is 16.4. The van der Waals surface area contributed by atoms with E-state index in [9.17, 15) is 8.42 Å². The predicted octanol–water partition coefficient (Wildman–Crippen LogP) is 3.39. The van der Waals surface area contributed by atoms with Gasteiger partial charge in [-0.1, -0.05) is 12.1 Å². The molecule has 1 heterocycles. The van der Waals surface area contributed by atoms with Crippen LogP contribution < -0.4 is 4.72 Å². The summed E-state index contributed by atoms with van der Waals surface area (Å²) in [5.74, 6) is 0. The van der Waals surface area contributed by atoms with Crippen LogP contribution in [0.2, 0.25) is 0 Å². The van der Waals surface area contributed by atoms with Crippen molar-refractivity contribution in [2.24, 2.45) is 0 Å². The molecule has 0 spiro atoms. The zero-order valence-corrected chi connectivity index (χ0v) is 12.6. The SMILES string of the molecule is [C-]#[N+]c1cccc(S(=O)(=O)Nc2ccc3c(C#N)c[nH]c3c2)c1. The minimum atomic E-state index is -3.79. The molecule has 7 heteroatoms. The second kappa shape index (κ2) is 5.48. The van der Waals surface area contributed by atoms with E-state index in [4.69, 9.17) is 11.8 Å². The Morgan fingerprint density at radius 2 is 2.04 bits per heavy atom. The molecule has 0 fully saturated rings. The Morgan fingerprint density at radius 1 is 1.22 bits per heavy atom. The van der Waals surface area contributed by atoms with Crippen molar-refractivity contribution in [3.05, 3.63) is 65.6 Å². The van der Waals surface area contributed by atoms with Crippen LogP contribution in [-0.2, 0) is 10.0 Å². The second-order valence-corrected chi connectivity index (χ2v) is 6.47. The highest BCUT2D eigenvalue weighted by atomic mass is 32.2. The normalized spacial score (nSPS) is 10.9. The number of hydrogen-bond donors (Lipinski definition) is 2. The number of fused-ring (bicyclic) bond motifs is 1. The van der Waals surface area contributed by atoms with Crippen LogP contribution in [0.1, 0.15) is 5.56 Å². The molecule has 1 aromatic heterocycles. The molecule has 2 aromatic carbocycles. The maximum atomic E-state index is 12.4. The minimum Gasteiger partial charge on any atom is -0.360 e. The third-order valence-electron chi connectivity index (χ3n) is 3.31. The molecule has 0 aliphatic rings. The highest BCUT2D eigenvalue weighted by Gasteiger charge is 2.15. The second-order valence-electron chi connectivity index (χ2n) is 4.79. The van der Waals surface area contributed by atoms with Gasteiger partial charge in [-0.3, -0.25) is 4.72 Å². The predicted molar refractivity (Wildman–Crippen MR) is 86.5 cm³/mol. The first kappa shape index (κ1) is 14.6. The maximum Gasteiger partial charge on any atom is 0.260 e. The highest BCUT2D eigenvalue weighted by Crippen LogP contribution is 2.24. The molecule has 0 saturated heterocycles. The van der Waals surface area contributed by atoms with Gasteiger partial charge >= 0.3 is 0 Å². The average Bonchev–Trinajstić information content (AvgIpc) is 2.96. The molecule has 0 radical (unpaired) electrons. The largest absolute Gasteiger partial charge is 0.360 e. The first-order valence-corrected chi connectivity index (χ1v) is 8.03. The number of H-pyrrole nitrogens is 1. The van der Waals surface area contributed by atoms with Crippen molar-refractivity contribution >= 4 is 32.3 Å². The number of nitriles is 1. The Balaban J connectivity index is 1.97. The number of aromatic amines is 1. The summed E-state index contributed by atoms with van der Waals surface area (Å²) < 4.78 is 27.3. The van der Waals surface area contributed by atoms with E-state index in [1.165, 1.54) is 18.2 Å². The standard InChI is InChI=1S/C16H10N4O2S/c1-18-12-3-2-4-14(7-12)23(21,22)20-13-5-6-15-11(9-17)10-19-16(15)8-13/h2-8,10,19-20H.